The van der Waals surface area contributed by atoms with Crippen molar-refractivity contribution in [2.75, 3.05) is 20.3 Å². The third kappa shape index (κ3) is 2.66. The summed E-state index contributed by atoms with van der Waals surface area (Å²) in [7, 11) is 1.71. The average molecular weight is 290 g/mol. The third-order valence-corrected chi connectivity index (χ3v) is 3.45. The van der Waals surface area contributed by atoms with E-state index < -0.39 is 0 Å². The Morgan fingerprint density at radius 3 is 3.00 bits per heavy atom. The van der Waals surface area contributed by atoms with E-state index in [1.165, 1.54) is 0 Å². The minimum absolute atomic E-state index is 0.168. The predicted octanol–water partition coefficient (Wildman–Crippen LogP) is 1.62. The number of methoxy groups -OCH3 is 1. The number of aliphatic hydroxyl groups excluding tert-OH is 1. The van der Waals surface area contributed by atoms with Crippen LogP contribution in [0.15, 0.2) is 21.2 Å². The molecular weight excluding hydrogens is 274 g/mol. The molecule has 2 rings (SSSR count). The van der Waals surface area contributed by atoms with Crippen molar-refractivity contribution < 1.29 is 14.3 Å². The fourth-order valence-corrected chi connectivity index (χ4v) is 2.47. The summed E-state index contributed by atoms with van der Waals surface area (Å²) in [6, 6.07) is 4.00. The Balaban J connectivity index is 1.98. The first-order chi connectivity index (χ1) is 7.72. The maximum atomic E-state index is 9.30. The van der Waals surface area contributed by atoms with Gasteiger partial charge in [0.1, 0.15) is 5.76 Å². The molecule has 0 bridgehead atoms. The van der Waals surface area contributed by atoms with Crippen molar-refractivity contribution in [3.05, 3.63) is 22.6 Å². The number of hydrogen-bond acceptors (Lipinski definition) is 4. The largest absolute Gasteiger partial charge is 0.453 e. The monoisotopic (exact) mass is 289 g/mol. The van der Waals surface area contributed by atoms with Gasteiger partial charge in [-0.1, -0.05) is 0 Å². The molecule has 1 aromatic rings. The van der Waals surface area contributed by atoms with Crippen LogP contribution in [-0.4, -0.2) is 42.4 Å². The van der Waals surface area contributed by atoms with Gasteiger partial charge in [-0.15, -0.1) is 0 Å². The van der Waals surface area contributed by atoms with Crippen molar-refractivity contribution >= 4 is 15.9 Å². The Morgan fingerprint density at radius 1 is 1.62 bits per heavy atom. The van der Waals surface area contributed by atoms with E-state index in [9.17, 15) is 5.11 Å². The highest BCUT2D eigenvalue weighted by Crippen LogP contribution is 2.23. The van der Waals surface area contributed by atoms with Crippen LogP contribution in [0.4, 0.5) is 0 Å². The Kier molecular flexibility index (Phi) is 4.02. The summed E-state index contributed by atoms with van der Waals surface area (Å²) in [6.45, 7) is 1.73. The maximum absolute atomic E-state index is 9.30. The first-order valence-corrected chi connectivity index (χ1v) is 6.14. The lowest BCUT2D eigenvalue weighted by Crippen LogP contribution is -2.31. The van der Waals surface area contributed by atoms with Crippen molar-refractivity contribution in [2.45, 2.75) is 25.1 Å². The molecule has 1 aliphatic rings. The molecule has 4 nitrogen and oxygen atoms in total. The fourth-order valence-electron chi connectivity index (χ4n) is 2.13. The zero-order chi connectivity index (χ0) is 11.5. The van der Waals surface area contributed by atoms with E-state index in [1.54, 1.807) is 7.11 Å². The zero-order valence-electron chi connectivity index (χ0n) is 9.23. The molecule has 0 radical (unpaired) electrons. The standard InChI is InChI=1S/C11H16BrNO3/c1-15-10-4-8(7-14)13(6-10)5-9-2-3-11(12)16-9/h2-3,8,10,14H,4-7H2,1H3/t8-,10+/m0/s1. The van der Waals surface area contributed by atoms with E-state index in [4.69, 9.17) is 9.15 Å². The summed E-state index contributed by atoms with van der Waals surface area (Å²) < 4.78 is 11.5. The van der Waals surface area contributed by atoms with Gasteiger partial charge in [0.2, 0.25) is 0 Å². The summed E-state index contributed by atoms with van der Waals surface area (Å²) in [5.74, 6) is 0.905. The second kappa shape index (κ2) is 5.31. The van der Waals surface area contributed by atoms with Crippen LogP contribution in [0.2, 0.25) is 0 Å². The smallest absolute Gasteiger partial charge is 0.169 e. The van der Waals surface area contributed by atoms with E-state index >= 15 is 0 Å². The van der Waals surface area contributed by atoms with Gasteiger partial charge in [0.05, 0.1) is 19.3 Å². The van der Waals surface area contributed by atoms with Gasteiger partial charge < -0.3 is 14.3 Å². The van der Waals surface area contributed by atoms with Crippen molar-refractivity contribution in [3.63, 3.8) is 0 Å². The van der Waals surface area contributed by atoms with Gasteiger partial charge in [-0.25, -0.2) is 0 Å². The topological polar surface area (TPSA) is 45.8 Å². The minimum Gasteiger partial charge on any atom is -0.453 e. The molecule has 0 spiro atoms. The Bertz CT molecular complexity index is 342. The molecule has 1 aliphatic heterocycles. The number of aliphatic hydroxyl groups is 1. The van der Waals surface area contributed by atoms with Crippen LogP contribution in [0.25, 0.3) is 0 Å². The molecule has 1 N–H and O–H groups in total. The SMILES string of the molecule is CO[C@@H]1C[C@@H](CO)N(Cc2ccc(Br)o2)C1. The summed E-state index contributed by atoms with van der Waals surface area (Å²) >= 11 is 3.28. The zero-order valence-corrected chi connectivity index (χ0v) is 10.8. The van der Waals surface area contributed by atoms with Gasteiger partial charge in [-0.3, -0.25) is 4.90 Å². The number of furan rings is 1. The highest BCUT2D eigenvalue weighted by atomic mass is 79.9. The highest BCUT2D eigenvalue weighted by molar-refractivity contribution is 9.10. The molecule has 1 aromatic heterocycles. The van der Waals surface area contributed by atoms with Crippen molar-refractivity contribution in [2.24, 2.45) is 0 Å². The maximum Gasteiger partial charge on any atom is 0.169 e. The normalized spacial score (nSPS) is 26.4. The van der Waals surface area contributed by atoms with Crippen LogP contribution < -0.4 is 0 Å². The van der Waals surface area contributed by atoms with Gasteiger partial charge in [-0.05, 0) is 34.5 Å². The first kappa shape index (κ1) is 12.1. The van der Waals surface area contributed by atoms with E-state index in [2.05, 4.69) is 20.8 Å². The van der Waals surface area contributed by atoms with Crippen LogP contribution in [0.3, 0.4) is 0 Å². The van der Waals surface area contributed by atoms with E-state index in [0.717, 1.165) is 29.9 Å². The molecule has 16 heavy (non-hydrogen) atoms. The van der Waals surface area contributed by atoms with Crippen LogP contribution in [0, 0.1) is 0 Å². The molecule has 1 saturated heterocycles. The lowest BCUT2D eigenvalue weighted by molar-refractivity contribution is 0.105. The fraction of sp³-hybridized carbons (Fsp3) is 0.636. The number of rotatable bonds is 4. The predicted molar refractivity (Wildman–Crippen MR) is 63.1 cm³/mol. The van der Waals surface area contributed by atoms with Crippen LogP contribution in [0.5, 0.6) is 0 Å². The van der Waals surface area contributed by atoms with Gasteiger partial charge in [0, 0.05) is 19.7 Å². The van der Waals surface area contributed by atoms with Crippen molar-refractivity contribution in [1.29, 1.82) is 0 Å². The second-order valence-corrected chi connectivity index (χ2v) is 4.85. The lowest BCUT2D eigenvalue weighted by Gasteiger charge is -2.20. The third-order valence-electron chi connectivity index (χ3n) is 3.02. The molecular formula is C11H16BrNO3. The molecule has 0 unspecified atom stereocenters. The van der Waals surface area contributed by atoms with E-state index in [1.807, 2.05) is 12.1 Å². The molecule has 0 saturated carbocycles. The molecule has 2 atom stereocenters. The minimum atomic E-state index is 0.168. The van der Waals surface area contributed by atoms with Gasteiger partial charge >= 0.3 is 0 Å². The van der Waals surface area contributed by atoms with Crippen molar-refractivity contribution in [3.8, 4) is 0 Å². The lowest BCUT2D eigenvalue weighted by atomic mass is 10.2. The number of likely N-dealkylation sites (tertiary alicyclic amines) is 1. The number of ether oxygens (including phenoxy) is 1. The Morgan fingerprint density at radius 2 is 2.44 bits per heavy atom. The van der Waals surface area contributed by atoms with E-state index in [-0.39, 0.29) is 18.8 Å². The van der Waals surface area contributed by atoms with Gasteiger partial charge in [0.25, 0.3) is 0 Å². The molecule has 0 amide bonds. The summed E-state index contributed by atoms with van der Waals surface area (Å²) in [4.78, 5) is 2.19. The summed E-state index contributed by atoms with van der Waals surface area (Å²) in [5, 5.41) is 9.30. The quantitative estimate of drug-likeness (QED) is 0.915. The van der Waals surface area contributed by atoms with E-state index in [0.29, 0.717) is 0 Å². The van der Waals surface area contributed by atoms with Crippen LogP contribution >= 0.6 is 15.9 Å². The average Bonchev–Trinajstić information content (AvgIpc) is 2.85. The Hall–Kier alpha value is -0.360. The van der Waals surface area contributed by atoms with Crippen LogP contribution in [0.1, 0.15) is 12.2 Å². The van der Waals surface area contributed by atoms with Gasteiger partial charge in [-0.2, -0.15) is 0 Å². The molecule has 1 fully saturated rings. The molecule has 0 aromatic carbocycles. The second-order valence-electron chi connectivity index (χ2n) is 4.07. The molecule has 5 heteroatoms. The Labute approximate surface area is 103 Å². The molecule has 2 heterocycles. The van der Waals surface area contributed by atoms with Crippen LogP contribution in [-0.2, 0) is 11.3 Å². The number of hydrogen-bond donors (Lipinski definition) is 1. The number of nitrogens with zero attached hydrogens (tertiary/aromatic N) is 1. The van der Waals surface area contributed by atoms with Gasteiger partial charge in [0.15, 0.2) is 4.67 Å². The van der Waals surface area contributed by atoms with Crippen molar-refractivity contribution in [1.82, 2.24) is 4.90 Å². The number of halogens is 1. The first-order valence-electron chi connectivity index (χ1n) is 5.35. The molecule has 90 valence electrons. The molecule has 0 aliphatic carbocycles. The summed E-state index contributed by atoms with van der Waals surface area (Å²) in [6.07, 6.45) is 1.10. The summed E-state index contributed by atoms with van der Waals surface area (Å²) in [5.41, 5.74) is 0. The highest BCUT2D eigenvalue weighted by Gasteiger charge is 2.31.